The minimum atomic E-state index is -0.462. The third kappa shape index (κ3) is 2.19. The smallest absolute Gasteiger partial charge is 0.293 e. The lowest BCUT2D eigenvalue weighted by Crippen LogP contribution is -2.16. The third-order valence-electron chi connectivity index (χ3n) is 2.47. The molecule has 9 nitrogen and oxygen atoms in total. The maximum absolute atomic E-state index is 12.0. The van der Waals surface area contributed by atoms with E-state index in [0.717, 1.165) is 0 Å². The van der Waals surface area contributed by atoms with Crippen molar-refractivity contribution in [3.8, 4) is 5.82 Å². The number of H-pyrrole nitrogens is 1. The molecule has 3 rings (SSSR count). The van der Waals surface area contributed by atoms with Crippen molar-refractivity contribution in [1.29, 1.82) is 0 Å². The van der Waals surface area contributed by atoms with Crippen molar-refractivity contribution >= 4 is 17.5 Å². The molecule has 1 amide bonds. The molecule has 9 heteroatoms. The van der Waals surface area contributed by atoms with Gasteiger partial charge in [0.15, 0.2) is 5.82 Å². The summed E-state index contributed by atoms with van der Waals surface area (Å²) in [7, 11) is 0. The number of carbonyl (C=O) groups excluding carboxylic acids is 1. The number of aromatic amines is 1. The van der Waals surface area contributed by atoms with Crippen molar-refractivity contribution in [2.75, 3.05) is 11.1 Å². The van der Waals surface area contributed by atoms with Gasteiger partial charge in [-0.05, 0) is 18.2 Å². The third-order valence-corrected chi connectivity index (χ3v) is 2.47. The van der Waals surface area contributed by atoms with Gasteiger partial charge < -0.3 is 11.1 Å². The van der Waals surface area contributed by atoms with Gasteiger partial charge in [0, 0.05) is 18.6 Å². The van der Waals surface area contributed by atoms with Crippen LogP contribution in [0.2, 0.25) is 0 Å². The van der Waals surface area contributed by atoms with Gasteiger partial charge in [-0.15, -0.1) is 5.10 Å². The van der Waals surface area contributed by atoms with E-state index in [1.807, 2.05) is 0 Å². The van der Waals surface area contributed by atoms with E-state index in [1.54, 1.807) is 41.5 Å². The molecule has 0 aromatic carbocycles. The molecule has 0 aliphatic rings. The predicted octanol–water partition coefficient (Wildman–Crippen LogP) is 0.220. The molecule has 0 aliphatic carbocycles. The molecule has 3 aromatic heterocycles. The SMILES string of the molecule is Nc1n[nH]c(C(=O)Nc2cccnc2-n2cccn2)n1. The Kier molecular flexibility index (Phi) is 2.84. The number of pyridine rings is 1. The Labute approximate surface area is 112 Å². The fraction of sp³-hybridized carbons (Fsp3) is 0. The Morgan fingerprint density at radius 3 is 2.95 bits per heavy atom. The number of hydrogen-bond donors (Lipinski definition) is 3. The lowest BCUT2D eigenvalue weighted by Gasteiger charge is -2.08. The molecule has 0 spiro atoms. The number of nitrogens with two attached hydrogens (primary N) is 1. The Hall–Kier alpha value is -3.23. The summed E-state index contributed by atoms with van der Waals surface area (Å²) in [6, 6.07) is 5.18. The van der Waals surface area contributed by atoms with Crippen molar-refractivity contribution in [3.05, 3.63) is 42.6 Å². The van der Waals surface area contributed by atoms with Crippen LogP contribution in [-0.4, -0.2) is 35.9 Å². The maximum Gasteiger partial charge on any atom is 0.293 e. The van der Waals surface area contributed by atoms with Crippen molar-refractivity contribution in [2.24, 2.45) is 0 Å². The molecule has 0 bridgehead atoms. The zero-order valence-corrected chi connectivity index (χ0v) is 10.2. The van der Waals surface area contributed by atoms with E-state index in [9.17, 15) is 4.79 Å². The number of anilines is 2. The van der Waals surface area contributed by atoms with Gasteiger partial charge in [-0.2, -0.15) is 10.1 Å². The summed E-state index contributed by atoms with van der Waals surface area (Å²) in [6.45, 7) is 0. The highest BCUT2D eigenvalue weighted by molar-refractivity contribution is 6.02. The van der Waals surface area contributed by atoms with Crippen molar-refractivity contribution < 1.29 is 4.79 Å². The average molecular weight is 270 g/mol. The second-order valence-electron chi connectivity index (χ2n) is 3.82. The summed E-state index contributed by atoms with van der Waals surface area (Å²) in [4.78, 5) is 19.9. The lowest BCUT2D eigenvalue weighted by molar-refractivity contribution is 0.101. The van der Waals surface area contributed by atoms with E-state index in [0.29, 0.717) is 11.5 Å². The van der Waals surface area contributed by atoms with Gasteiger partial charge in [-0.3, -0.25) is 9.89 Å². The maximum atomic E-state index is 12.0. The molecule has 0 fully saturated rings. The summed E-state index contributed by atoms with van der Waals surface area (Å²) in [6.07, 6.45) is 4.96. The van der Waals surface area contributed by atoms with E-state index < -0.39 is 5.91 Å². The second kappa shape index (κ2) is 4.80. The molecule has 0 saturated heterocycles. The van der Waals surface area contributed by atoms with Gasteiger partial charge in [0.05, 0.1) is 5.69 Å². The molecule has 3 heterocycles. The van der Waals surface area contributed by atoms with Crippen LogP contribution < -0.4 is 11.1 Å². The van der Waals surface area contributed by atoms with Gasteiger partial charge in [0.1, 0.15) is 0 Å². The van der Waals surface area contributed by atoms with Crippen LogP contribution in [0.3, 0.4) is 0 Å². The molecular formula is C11H10N8O. The Bertz CT molecular complexity index is 732. The minimum Gasteiger partial charge on any atom is -0.366 e. The van der Waals surface area contributed by atoms with E-state index in [1.165, 1.54) is 0 Å². The molecule has 0 radical (unpaired) electrons. The summed E-state index contributed by atoms with van der Waals surface area (Å²) in [5.74, 6) is 0.0698. The summed E-state index contributed by atoms with van der Waals surface area (Å²) >= 11 is 0. The van der Waals surface area contributed by atoms with Gasteiger partial charge in [-0.1, -0.05) is 0 Å². The van der Waals surface area contributed by atoms with Gasteiger partial charge in [0.25, 0.3) is 5.91 Å². The molecule has 0 aliphatic heterocycles. The largest absolute Gasteiger partial charge is 0.366 e. The first-order valence-corrected chi connectivity index (χ1v) is 5.68. The fourth-order valence-corrected chi connectivity index (χ4v) is 1.63. The number of nitrogens with one attached hydrogen (secondary N) is 2. The molecular weight excluding hydrogens is 260 g/mol. The number of carbonyl (C=O) groups is 1. The number of nitrogens with zero attached hydrogens (tertiary/aromatic N) is 5. The number of hydrogen-bond acceptors (Lipinski definition) is 6. The first kappa shape index (κ1) is 11.8. The van der Waals surface area contributed by atoms with Crippen molar-refractivity contribution in [3.63, 3.8) is 0 Å². The Morgan fingerprint density at radius 2 is 2.25 bits per heavy atom. The van der Waals surface area contributed by atoms with Gasteiger partial charge in [-0.25, -0.2) is 9.67 Å². The van der Waals surface area contributed by atoms with Crippen LogP contribution in [0.5, 0.6) is 0 Å². The lowest BCUT2D eigenvalue weighted by atomic mass is 10.3. The first-order chi connectivity index (χ1) is 9.74. The molecule has 100 valence electrons. The quantitative estimate of drug-likeness (QED) is 0.624. The van der Waals surface area contributed by atoms with Crippen LogP contribution in [0, 0.1) is 0 Å². The highest BCUT2D eigenvalue weighted by Crippen LogP contribution is 2.16. The predicted molar refractivity (Wildman–Crippen MR) is 70.1 cm³/mol. The highest BCUT2D eigenvalue weighted by atomic mass is 16.2. The Balaban J connectivity index is 1.90. The normalized spacial score (nSPS) is 10.4. The minimum absolute atomic E-state index is 0.00800. The van der Waals surface area contributed by atoms with E-state index in [-0.39, 0.29) is 11.8 Å². The first-order valence-electron chi connectivity index (χ1n) is 5.68. The van der Waals surface area contributed by atoms with Gasteiger partial charge >= 0.3 is 0 Å². The molecule has 0 saturated carbocycles. The van der Waals surface area contributed by atoms with E-state index in [2.05, 4.69) is 30.6 Å². The fourth-order valence-electron chi connectivity index (χ4n) is 1.63. The Morgan fingerprint density at radius 1 is 1.35 bits per heavy atom. The van der Waals surface area contributed by atoms with Crippen LogP contribution in [-0.2, 0) is 0 Å². The number of nitrogen functional groups attached to an aromatic ring is 1. The topological polar surface area (TPSA) is 127 Å². The molecule has 20 heavy (non-hydrogen) atoms. The molecule has 4 N–H and O–H groups in total. The van der Waals surface area contributed by atoms with Crippen LogP contribution >= 0.6 is 0 Å². The summed E-state index contributed by atoms with van der Waals surface area (Å²) in [5, 5.41) is 12.8. The zero-order chi connectivity index (χ0) is 13.9. The summed E-state index contributed by atoms with van der Waals surface area (Å²) in [5.41, 5.74) is 5.85. The van der Waals surface area contributed by atoms with E-state index in [4.69, 9.17) is 5.73 Å². The van der Waals surface area contributed by atoms with Crippen LogP contribution in [0.4, 0.5) is 11.6 Å². The van der Waals surface area contributed by atoms with Crippen molar-refractivity contribution in [2.45, 2.75) is 0 Å². The average Bonchev–Trinajstić information content (AvgIpc) is 3.10. The number of aromatic nitrogens is 6. The van der Waals surface area contributed by atoms with Crippen LogP contribution in [0.15, 0.2) is 36.8 Å². The highest BCUT2D eigenvalue weighted by Gasteiger charge is 2.14. The second-order valence-corrected chi connectivity index (χ2v) is 3.82. The molecule has 3 aromatic rings. The summed E-state index contributed by atoms with van der Waals surface area (Å²) < 4.78 is 1.55. The molecule has 0 unspecified atom stereocenters. The van der Waals surface area contributed by atoms with E-state index >= 15 is 0 Å². The molecule has 0 atom stereocenters. The van der Waals surface area contributed by atoms with Crippen LogP contribution in [0.25, 0.3) is 5.82 Å². The monoisotopic (exact) mass is 270 g/mol. The number of amides is 1. The standard InChI is InChI=1S/C11H10N8O/c12-11-16-8(17-18-11)10(20)15-7-3-1-4-13-9(7)19-6-2-5-14-19/h1-6H,(H,15,20)(H3,12,16,17,18). The zero-order valence-electron chi connectivity index (χ0n) is 10.2. The van der Waals surface area contributed by atoms with Crippen LogP contribution in [0.1, 0.15) is 10.6 Å². The van der Waals surface area contributed by atoms with Crippen molar-refractivity contribution in [1.82, 2.24) is 29.9 Å². The van der Waals surface area contributed by atoms with Gasteiger partial charge in [0.2, 0.25) is 11.8 Å². The number of rotatable bonds is 3.